The summed E-state index contributed by atoms with van der Waals surface area (Å²) in [5.74, 6) is 1.36. The maximum Gasteiger partial charge on any atom is 0.112 e. The van der Waals surface area contributed by atoms with Gasteiger partial charge in [0.15, 0.2) is 0 Å². The van der Waals surface area contributed by atoms with Gasteiger partial charge in [0.25, 0.3) is 0 Å². The van der Waals surface area contributed by atoms with Gasteiger partial charge in [-0.1, -0.05) is 12.1 Å². The van der Waals surface area contributed by atoms with Gasteiger partial charge in [-0.2, -0.15) is 0 Å². The monoisotopic (exact) mass is 193 g/mol. The van der Waals surface area contributed by atoms with Crippen molar-refractivity contribution in [2.75, 3.05) is 0 Å². The van der Waals surface area contributed by atoms with E-state index < -0.39 is 0 Å². The van der Waals surface area contributed by atoms with Crippen LogP contribution in [-0.2, 0) is 6.61 Å². The maximum absolute atomic E-state index is 9.16. The van der Waals surface area contributed by atoms with Gasteiger partial charge in [0, 0.05) is 5.92 Å². The van der Waals surface area contributed by atoms with Gasteiger partial charge in [0.05, 0.1) is 18.3 Å². The molecule has 1 aromatic heterocycles. The Kier molecular flexibility index (Phi) is 1.68. The lowest BCUT2D eigenvalue weighted by molar-refractivity contribution is 0.275. The third-order valence-corrected chi connectivity index (χ3v) is 3.30. The van der Waals surface area contributed by atoms with Crippen LogP contribution in [0.25, 0.3) is 0 Å². The Morgan fingerprint density at radius 3 is 2.71 bits per heavy atom. The first-order valence-corrected chi connectivity index (χ1v) is 5.36. The summed E-state index contributed by atoms with van der Waals surface area (Å²) < 4.78 is 2.06. The first-order chi connectivity index (χ1) is 6.81. The predicted molar refractivity (Wildman–Crippen MR) is 50.7 cm³/mol. The molecule has 2 unspecified atom stereocenters. The second-order valence-electron chi connectivity index (χ2n) is 4.58. The fraction of sp³-hybridized carbons (Fsp3) is 0.800. The molecule has 0 radical (unpaired) electrons. The van der Waals surface area contributed by atoms with Crippen molar-refractivity contribution in [1.82, 2.24) is 15.0 Å². The average Bonchev–Trinajstić information content (AvgIpc) is 3.09. The molecular formula is C10H15N3O. The molecule has 0 amide bonds. The van der Waals surface area contributed by atoms with Crippen molar-refractivity contribution in [3.63, 3.8) is 0 Å². The molecule has 2 aliphatic rings. The van der Waals surface area contributed by atoms with Gasteiger partial charge in [0.1, 0.15) is 5.69 Å². The third kappa shape index (κ3) is 1.17. The quantitative estimate of drug-likeness (QED) is 0.785. The number of rotatable bonds is 3. The van der Waals surface area contributed by atoms with E-state index in [1.54, 1.807) is 0 Å². The molecule has 1 heterocycles. The average molecular weight is 193 g/mol. The number of hydrogen-bond acceptors (Lipinski definition) is 3. The highest BCUT2D eigenvalue weighted by atomic mass is 16.3. The minimum Gasteiger partial charge on any atom is -0.390 e. The predicted octanol–water partition coefficient (Wildman–Crippen LogP) is 1.23. The second kappa shape index (κ2) is 2.79. The summed E-state index contributed by atoms with van der Waals surface area (Å²) in [4.78, 5) is 0. The summed E-state index contributed by atoms with van der Waals surface area (Å²) in [6.45, 7) is 2.27. The Hall–Kier alpha value is -0.900. The lowest BCUT2D eigenvalue weighted by atomic mass is 10.2. The van der Waals surface area contributed by atoms with E-state index in [0.717, 1.165) is 11.6 Å². The number of aromatic nitrogens is 3. The zero-order chi connectivity index (χ0) is 9.71. The zero-order valence-corrected chi connectivity index (χ0v) is 8.35. The molecule has 4 heteroatoms. The van der Waals surface area contributed by atoms with Crippen molar-refractivity contribution in [1.29, 1.82) is 0 Å². The summed E-state index contributed by atoms with van der Waals surface area (Å²) >= 11 is 0. The molecule has 0 saturated heterocycles. The SMILES string of the molecule is CC1CC1n1nnc(CO)c1C1CC1. The number of hydrogen-bond donors (Lipinski definition) is 1. The van der Waals surface area contributed by atoms with Crippen LogP contribution in [-0.4, -0.2) is 20.1 Å². The first-order valence-electron chi connectivity index (χ1n) is 5.36. The van der Waals surface area contributed by atoms with E-state index in [9.17, 15) is 0 Å². The molecule has 0 aromatic carbocycles. The van der Waals surface area contributed by atoms with Crippen LogP contribution in [0.3, 0.4) is 0 Å². The largest absolute Gasteiger partial charge is 0.390 e. The van der Waals surface area contributed by atoms with E-state index >= 15 is 0 Å². The summed E-state index contributed by atoms with van der Waals surface area (Å²) in [5, 5.41) is 17.4. The third-order valence-electron chi connectivity index (χ3n) is 3.30. The molecule has 0 spiro atoms. The first kappa shape index (κ1) is 8.41. The zero-order valence-electron chi connectivity index (χ0n) is 8.35. The molecule has 76 valence electrons. The van der Waals surface area contributed by atoms with E-state index in [-0.39, 0.29) is 6.61 Å². The minimum atomic E-state index is 0.0347. The van der Waals surface area contributed by atoms with Crippen LogP contribution >= 0.6 is 0 Å². The Morgan fingerprint density at radius 2 is 2.21 bits per heavy atom. The van der Waals surface area contributed by atoms with Crippen LogP contribution in [0.5, 0.6) is 0 Å². The lowest BCUT2D eigenvalue weighted by Crippen LogP contribution is -2.04. The summed E-state index contributed by atoms with van der Waals surface area (Å²) in [5.41, 5.74) is 2.01. The van der Waals surface area contributed by atoms with Crippen LogP contribution in [0.15, 0.2) is 0 Å². The minimum absolute atomic E-state index is 0.0347. The van der Waals surface area contributed by atoms with Gasteiger partial charge in [0.2, 0.25) is 0 Å². The fourth-order valence-electron chi connectivity index (χ4n) is 2.11. The highest BCUT2D eigenvalue weighted by Crippen LogP contribution is 2.48. The molecule has 1 aromatic rings. The highest BCUT2D eigenvalue weighted by Gasteiger charge is 2.40. The fourth-order valence-corrected chi connectivity index (χ4v) is 2.11. The molecule has 0 aliphatic heterocycles. The summed E-state index contributed by atoms with van der Waals surface area (Å²) in [7, 11) is 0. The van der Waals surface area contributed by atoms with E-state index in [2.05, 4.69) is 21.9 Å². The number of aliphatic hydroxyl groups is 1. The van der Waals surface area contributed by atoms with Crippen LogP contribution in [0.1, 0.15) is 49.5 Å². The molecule has 2 saturated carbocycles. The molecule has 4 nitrogen and oxygen atoms in total. The van der Waals surface area contributed by atoms with Crippen molar-refractivity contribution >= 4 is 0 Å². The summed E-state index contributed by atoms with van der Waals surface area (Å²) in [6, 6.07) is 0.554. The van der Waals surface area contributed by atoms with Gasteiger partial charge < -0.3 is 5.11 Å². The highest BCUT2D eigenvalue weighted by molar-refractivity contribution is 5.21. The van der Waals surface area contributed by atoms with Gasteiger partial charge in [-0.15, -0.1) is 5.10 Å². The number of aliphatic hydroxyl groups excluding tert-OH is 1. The van der Waals surface area contributed by atoms with Crippen molar-refractivity contribution in [3.8, 4) is 0 Å². The number of nitrogens with zero attached hydrogens (tertiary/aromatic N) is 3. The Morgan fingerprint density at radius 1 is 1.50 bits per heavy atom. The van der Waals surface area contributed by atoms with Crippen LogP contribution in [0.4, 0.5) is 0 Å². The van der Waals surface area contributed by atoms with Crippen molar-refractivity contribution in [2.24, 2.45) is 5.92 Å². The standard InChI is InChI=1S/C10H15N3O/c1-6-4-9(6)13-10(7-2-3-7)8(5-14)11-12-13/h6-7,9,14H,2-5H2,1H3. The van der Waals surface area contributed by atoms with Gasteiger partial charge in [-0.25, -0.2) is 4.68 Å². The molecule has 14 heavy (non-hydrogen) atoms. The Balaban J connectivity index is 1.97. The van der Waals surface area contributed by atoms with Gasteiger partial charge in [-0.3, -0.25) is 0 Å². The summed E-state index contributed by atoms with van der Waals surface area (Å²) in [6.07, 6.45) is 3.69. The lowest BCUT2D eigenvalue weighted by Gasteiger charge is -2.04. The van der Waals surface area contributed by atoms with Crippen molar-refractivity contribution in [3.05, 3.63) is 11.4 Å². The molecule has 0 bridgehead atoms. The van der Waals surface area contributed by atoms with Crippen LogP contribution in [0, 0.1) is 5.92 Å². The Labute approximate surface area is 82.9 Å². The van der Waals surface area contributed by atoms with E-state index in [0.29, 0.717) is 12.0 Å². The van der Waals surface area contributed by atoms with Crippen LogP contribution in [0.2, 0.25) is 0 Å². The Bertz CT molecular complexity index is 356. The van der Waals surface area contributed by atoms with Crippen LogP contribution < -0.4 is 0 Å². The molecular weight excluding hydrogens is 178 g/mol. The molecule has 2 fully saturated rings. The van der Waals surface area contributed by atoms with Gasteiger partial charge in [-0.05, 0) is 25.2 Å². The topological polar surface area (TPSA) is 50.9 Å². The molecule has 3 rings (SSSR count). The van der Waals surface area contributed by atoms with E-state index in [1.807, 2.05) is 0 Å². The van der Waals surface area contributed by atoms with Crippen molar-refractivity contribution < 1.29 is 5.11 Å². The molecule has 2 atom stereocenters. The molecule has 2 aliphatic carbocycles. The normalized spacial score (nSPS) is 30.7. The van der Waals surface area contributed by atoms with Crippen molar-refractivity contribution in [2.45, 2.75) is 44.8 Å². The second-order valence-corrected chi connectivity index (χ2v) is 4.58. The van der Waals surface area contributed by atoms with E-state index in [4.69, 9.17) is 5.11 Å². The smallest absolute Gasteiger partial charge is 0.112 e. The maximum atomic E-state index is 9.16. The molecule has 1 N–H and O–H groups in total. The van der Waals surface area contributed by atoms with E-state index in [1.165, 1.54) is 25.0 Å². The van der Waals surface area contributed by atoms with Gasteiger partial charge >= 0.3 is 0 Å².